The molecular weight excluding hydrogens is 424 g/mol. The van der Waals surface area contributed by atoms with Gasteiger partial charge in [-0.1, -0.05) is 6.07 Å². The molecule has 7 nitrogen and oxygen atoms in total. The normalized spacial score (nSPS) is 13.4. The van der Waals surface area contributed by atoms with Crippen LogP contribution in [0.5, 0.6) is 11.6 Å². The predicted octanol–water partition coefficient (Wildman–Crippen LogP) is 4.74. The van der Waals surface area contributed by atoms with Crippen LogP contribution in [0.1, 0.15) is 24.0 Å². The highest BCUT2D eigenvalue weighted by molar-refractivity contribution is 7.92. The fourth-order valence-electron chi connectivity index (χ4n) is 3.80. The molecule has 2 aromatic carbocycles. The molecule has 1 N–H and O–H groups in total. The van der Waals surface area contributed by atoms with Crippen LogP contribution in [0.25, 0.3) is 5.82 Å². The van der Waals surface area contributed by atoms with Crippen molar-refractivity contribution in [1.29, 1.82) is 0 Å². The fraction of sp³-hybridized carbons (Fsp3) is 0.167. The van der Waals surface area contributed by atoms with Gasteiger partial charge in [-0.3, -0.25) is 4.72 Å². The average Bonchev–Trinajstić information content (AvgIpc) is 3.35. The average molecular weight is 447 g/mol. The van der Waals surface area contributed by atoms with Gasteiger partial charge in [-0.05, 0) is 91.4 Å². The summed E-state index contributed by atoms with van der Waals surface area (Å²) >= 11 is 0. The molecule has 0 radical (unpaired) electrons. The van der Waals surface area contributed by atoms with Gasteiger partial charge in [0.1, 0.15) is 5.75 Å². The van der Waals surface area contributed by atoms with Crippen molar-refractivity contribution in [2.24, 2.45) is 0 Å². The zero-order valence-electron chi connectivity index (χ0n) is 17.3. The third-order valence-corrected chi connectivity index (χ3v) is 6.83. The molecule has 1 aliphatic carbocycles. The van der Waals surface area contributed by atoms with Crippen LogP contribution in [0.15, 0.2) is 84.0 Å². The zero-order chi connectivity index (χ0) is 22.0. The Morgan fingerprint density at radius 2 is 1.59 bits per heavy atom. The van der Waals surface area contributed by atoms with E-state index in [1.54, 1.807) is 42.5 Å². The summed E-state index contributed by atoms with van der Waals surface area (Å²) < 4.78 is 35.9. The Kier molecular flexibility index (Phi) is 5.36. The van der Waals surface area contributed by atoms with Crippen LogP contribution in [0, 0.1) is 0 Å². The largest absolute Gasteiger partial charge is 0.438 e. The fourth-order valence-corrected chi connectivity index (χ4v) is 4.90. The Bertz CT molecular complexity index is 1320. The number of sulfonamides is 1. The second kappa shape index (κ2) is 8.47. The molecule has 2 heterocycles. The molecule has 5 rings (SSSR count). The van der Waals surface area contributed by atoms with E-state index in [1.165, 1.54) is 5.56 Å². The minimum Gasteiger partial charge on any atom is -0.438 e. The van der Waals surface area contributed by atoms with Crippen molar-refractivity contribution >= 4 is 15.7 Å². The summed E-state index contributed by atoms with van der Waals surface area (Å²) in [4.78, 5) is 0.288. The molecule has 2 aromatic heterocycles. The molecule has 0 amide bonds. The SMILES string of the molecule is O=S(=O)(Nc1ccc(Oc2ccc(-n3cccc3)nn2)cc1)c1ccc2c(c1)CCCC2. The highest BCUT2D eigenvalue weighted by Crippen LogP contribution is 2.26. The Morgan fingerprint density at radius 3 is 2.31 bits per heavy atom. The van der Waals surface area contributed by atoms with Gasteiger partial charge < -0.3 is 9.30 Å². The first-order chi connectivity index (χ1) is 15.6. The third kappa shape index (κ3) is 4.36. The minimum absolute atomic E-state index is 0.288. The lowest BCUT2D eigenvalue weighted by molar-refractivity contribution is 0.454. The van der Waals surface area contributed by atoms with Crippen LogP contribution in [-0.2, 0) is 22.9 Å². The van der Waals surface area contributed by atoms with Gasteiger partial charge in [-0.15, -0.1) is 10.2 Å². The molecule has 8 heteroatoms. The lowest BCUT2D eigenvalue weighted by Gasteiger charge is -2.17. The number of fused-ring (bicyclic) bond motifs is 1. The number of aromatic nitrogens is 3. The van der Waals surface area contributed by atoms with E-state index in [0.717, 1.165) is 31.2 Å². The smallest absolute Gasteiger partial charge is 0.261 e. The molecule has 0 spiro atoms. The van der Waals surface area contributed by atoms with E-state index in [-0.39, 0.29) is 4.90 Å². The summed E-state index contributed by atoms with van der Waals surface area (Å²) in [6.07, 6.45) is 7.98. The molecule has 0 saturated heterocycles. The summed E-state index contributed by atoms with van der Waals surface area (Å²) in [5, 5.41) is 8.23. The van der Waals surface area contributed by atoms with Gasteiger partial charge in [-0.25, -0.2) is 8.42 Å². The van der Waals surface area contributed by atoms with Gasteiger partial charge in [0, 0.05) is 24.1 Å². The Morgan fingerprint density at radius 1 is 0.844 bits per heavy atom. The number of nitrogens with zero attached hydrogens (tertiary/aromatic N) is 3. The second-order valence-electron chi connectivity index (χ2n) is 7.69. The number of anilines is 1. The van der Waals surface area contributed by atoms with E-state index in [0.29, 0.717) is 23.1 Å². The summed E-state index contributed by atoms with van der Waals surface area (Å²) in [5.41, 5.74) is 2.84. The van der Waals surface area contributed by atoms with Crippen LogP contribution in [-0.4, -0.2) is 23.2 Å². The van der Waals surface area contributed by atoms with Crippen molar-refractivity contribution < 1.29 is 13.2 Å². The maximum Gasteiger partial charge on any atom is 0.261 e. The highest BCUT2D eigenvalue weighted by Gasteiger charge is 2.18. The molecule has 32 heavy (non-hydrogen) atoms. The number of hydrogen-bond acceptors (Lipinski definition) is 5. The molecule has 0 aliphatic heterocycles. The first kappa shape index (κ1) is 20.3. The van der Waals surface area contributed by atoms with Crippen molar-refractivity contribution in [3.8, 4) is 17.4 Å². The molecule has 0 saturated carbocycles. The monoisotopic (exact) mass is 446 g/mol. The van der Waals surface area contributed by atoms with E-state index in [1.807, 2.05) is 41.2 Å². The Hall–Kier alpha value is -3.65. The van der Waals surface area contributed by atoms with Gasteiger partial charge in [-0.2, -0.15) is 0 Å². The van der Waals surface area contributed by atoms with Crippen LogP contribution in [0.3, 0.4) is 0 Å². The molecular formula is C24H22N4O3S. The maximum atomic E-state index is 12.8. The summed E-state index contributed by atoms with van der Waals surface area (Å²) in [7, 11) is -3.66. The van der Waals surface area contributed by atoms with E-state index >= 15 is 0 Å². The third-order valence-electron chi connectivity index (χ3n) is 5.45. The van der Waals surface area contributed by atoms with Crippen LogP contribution in [0.4, 0.5) is 5.69 Å². The standard InChI is InChI=1S/C24H22N4O3S/c29-32(30,22-12-7-18-5-1-2-6-19(18)17-22)27-20-8-10-21(11-9-20)31-24-14-13-23(25-26-24)28-15-3-4-16-28/h3-4,7-17,27H,1-2,5-6H2. The molecule has 0 unspecified atom stereocenters. The van der Waals surface area contributed by atoms with Crippen LogP contribution in [0.2, 0.25) is 0 Å². The number of aryl methyl sites for hydroxylation is 2. The molecule has 0 atom stereocenters. The van der Waals surface area contributed by atoms with E-state index in [2.05, 4.69) is 14.9 Å². The second-order valence-corrected chi connectivity index (χ2v) is 9.37. The van der Waals surface area contributed by atoms with Gasteiger partial charge in [0.15, 0.2) is 5.82 Å². The van der Waals surface area contributed by atoms with Gasteiger partial charge in [0.2, 0.25) is 5.88 Å². The van der Waals surface area contributed by atoms with Crippen molar-refractivity contribution in [1.82, 2.24) is 14.8 Å². The van der Waals surface area contributed by atoms with Crippen molar-refractivity contribution in [2.45, 2.75) is 30.6 Å². The van der Waals surface area contributed by atoms with Crippen molar-refractivity contribution in [3.63, 3.8) is 0 Å². The molecule has 0 fully saturated rings. The molecule has 0 bridgehead atoms. The van der Waals surface area contributed by atoms with Gasteiger partial charge in [0.05, 0.1) is 4.90 Å². The Labute approximate surface area is 186 Å². The van der Waals surface area contributed by atoms with E-state index in [4.69, 9.17) is 4.74 Å². The lowest BCUT2D eigenvalue weighted by Crippen LogP contribution is -2.14. The van der Waals surface area contributed by atoms with Crippen LogP contribution >= 0.6 is 0 Å². The van der Waals surface area contributed by atoms with E-state index < -0.39 is 10.0 Å². The predicted molar refractivity (Wildman–Crippen MR) is 122 cm³/mol. The van der Waals surface area contributed by atoms with Gasteiger partial charge >= 0.3 is 0 Å². The van der Waals surface area contributed by atoms with Crippen molar-refractivity contribution in [2.75, 3.05) is 4.72 Å². The molecule has 1 aliphatic rings. The minimum atomic E-state index is -3.66. The lowest BCUT2D eigenvalue weighted by atomic mass is 9.92. The summed E-state index contributed by atoms with van der Waals surface area (Å²) in [5.74, 6) is 1.57. The van der Waals surface area contributed by atoms with Crippen molar-refractivity contribution in [3.05, 3.63) is 90.3 Å². The van der Waals surface area contributed by atoms with E-state index in [9.17, 15) is 8.42 Å². The first-order valence-corrected chi connectivity index (χ1v) is 11.9. The van der Waals surface area contributed by atoms with Gasteiger partial charge in [0.25, 0.3) is 10.0 Å². The molecule has 162 valence electrons. The number of ether oxygens (including phenoxy) is 1. The Balaban J connectivity index is 1.26. The number of hydrogen-bond donors (Lipinski definition) is 1. The summed E-state index contributed by atoms with van der Waals surface area (Å²) in [6.45, 7) is 0. The summed E-state index contributed by atoms with van der Waals surface area (Å²) in [6, 6.07) is 19.5. The quantitative estimate of drug-likeness (QED) is 0.462. The number of nitrogens with one attached hydrogen (secondary N) is 1. The first-order valence-electron chi connectivity index (χ1n) is 10.5. The highest BCUT2D eigenvalue weighted by atomic mass is 32.2. The number of rotatable bonds is 6. The number of benzene rings is 2. The van der Waals surface area contributed by atoms with Crippen LogP contribution < -0.4 is 9.46 Å². The topological polar surface area (TPSA) is 86.1 Å². The molecule has 4 aromatic rings. The maximum absolute atomic E-state index is 12.8. The zero-order valence-corrected chi connectivity index (χ0v) is 18.1.